The summed E-state index contributed by atoms with van der Waals surface area (Å²) in [5.74, 6) is 4.11. The molecule has 0 amide bonds. The summed E-state index contributed by atoms with van der Waals surface area (Å²) in [4.78, 5) is 0. The Balaban J connectivity index is 2.10. The molecule has 0 N–H and O–H groups in total. The van der Waals surface area contributed by atoms with E-state index in [9.17, 15) is 0 Å². The van der Waals surface area contributed by atoms with Crippen LogP contribution in [0.2, 0.25) is 0 Å². The van der Waals surface area contributed by atoms with Gasteiger partial charge < -0.3 is 0 Å². The summed E-state index contributed by atoms with van der Waals surface area (Å²) >= 11 is 0. The Morgan fingerprint density at radius 3 is 2.38 bits per heavy atom. The monoisotopic (exact) mass is 180 g/mol. The number of rotatable bonds is 2. The summed E-state index contributed by atoms with van der Waals surface area (Å²) in [5.41, 5.74) is 0.691. The van der Waals surface area contributed by atoms with E-state index >= 15 is 0 Å². The van der Waals surface area contributed by atoms with Crippen molar-refractivity contribution in [3.8, 4) is 0 Å². The van der Waals surface area contributed by atoms with Crippen LogP contribution in [-0.2, 0) is 0 Å². The fourth-order valence-electron chi connectivity index (χ4n) is 3.94. The smallest absolute Gasteiger partial charge is 0.0272 e. The van der Waals surface area contributed by atoms with E-state index in [-0.39, 0.29) is 0 Å². The Hall–Kier alpha value is 0. The van der Waals surface area contributed by atoms with Gasteiger partial charge in [0, 0.05) is 0 Å². The minimum atomic E-state index is 0.691. The van der Waals surface area contributed by atoms with Gasteiger partial charge in [-0.25, -0.2) is 0 Å². The first-order chi connectivity index (χ1) is 6.08. The molecule has 0 heteroatoms. The largest absolute Gasteiger partial charge is 0.0651 e. The van der Waals surface area contributed by atoms with Gasteiger partial charge in [-0.05, 0) is 48.3 Å². The summed E-state index contributed by atoms with van der Waals surface area (Å²) in [6, 6.07) is 0. The van der Waals surface area contributed by atoms with Crippen molar-refractivity contribution in [2.24, 2.45) is 29.1 Å². The molecule has 2 rings (SSSR count). The lowest BCUT2D eigenvalue weighted by atomic mass is 9.65. The third-order valence-electron chi connectivity index (χ3n) is 5.32. The molecule has 2 saturated carbocycles. The average molecular weight is 180 g/mol. The molecule has 13 heavy (non-hydrogen) atoms. The second-order valence-corrected chi connectivity index (χ2v) is 5.96. The molecule has 4 atom stereocenters. The van der Waals surface area contributed by atoms with Crippen LogP contribution in [0.3, 0.4) is 0 Å². The van der Waals surface area contributed by atoms with Crippen LogP contribution in [0.25, 0.3) is 0 Å². The van der Waals surface area contributed by atoms with Crippen LogP contribution >= 0.6 is 0 Å². The van der Waals surface area contributed by atoms with E-state index in [1.807, 2.05) is 0 Å². The molecule has 0 aliphatic heterocycles. The molecular weight excluding hydrogens is 156 g/mol. The van der Waals surface area contributed by atoms with E-state index in [0.717, 1.165) is 23.7 Å². The van der Waals surface area contributed by atoms with E-state index in [0.29, 0.717) is 5.41 Å². The first-order valence-electron chi connectivity index (χ1n) is 6.08. The van der Waals surface area contributed by atoms with Gasteiger partial charge in [0.25, 0.3) is 0 Å². The molecule has 0 spiro atoms. The van der Waals surface area contributed by atoms with Gasteiger partial charge in [0.05, 0.1) is 0 Å². The molecule has 2 aliphatic carbocycles. The van der Waals surface area contributed by atoms with Gasteiger partial charge in [-0.3, -0.25) is 0 Å². The van der Waals surface area contributed by atoms with E-state index in [1.54, 1.807) is 6.42 Å². The summed E-state index contributed by atoms with van der Waals surface area (Å²) in [5, 5.41) is 0. The second-order valence-electron chi connectivity index (χ2n) is 5.96. The fraction of sp³-hybridized carbons (Fsp3) is 1.00. The van der Waals surface area contributed by atoms with Crippen LogP contribution in [0.5, 0.6) is 0 Å². The molecule has 0 saturated heterocycles. The van der Waals surface area contributed by atoms with Crippen LogP contribution in [0.15, 0.2) is 0 Å². The zero-order valence-corrected chi connectivity index (χ0v) is 9.64. The maximum absolute atomic E-state index is 2.54. The Bertz CT molecular complexity index is 194. The summed E-state index contributed by atoms with van der Waals surface area (Å²) < 4.78 is 0. The zero-order chi connectivity index (χ0) is 9.64. The van der Waals surface area contributed by atoms with Crippen LogP contribution in [0.1, 0.15) is 53.4 Å². The van der Waals surface area contributed by atoms with Crippen LogP contribution < -0.4 is 0 Å². The predicted octanol–water partition coefficient (Wildman–Crippen LogP) is 4.10. The highest BCUT2D eigenvalue weighted by molar-refractivity contribution is 5.02. The number of fused-ring (bicyclic) bond motifs is 2. The third kappa shape index (κ3) is 1.25. The maximum atomic E-state index is 2.54. The Labute approximate surface area is 83.1 Å². The normalized spacial score (nSPS) is 49.2. The molecule has 2 aliphatic rings. The standard InChI is InChI=1S/C13H24/c1-5-10-6-12-7-11(10)8-13(12,4)9(2)3/h9-12H,5-8H2,1-4H3. The Kier molecular flexibility index (Phi) is 2.20. The highest BCUT2D eigenvalue weighted by atomic mass is 14.6. The van der Waals surface area contributed by atoms with Gasteiger partial charge in [-0.1, -0.05) is 34.1 Å². The van der Waals surface area contributed by atoms with Crippen molar-refractivity contribution in [1.82, 2.24) is 0 Å². The van der Waals surface area contributed by atoms with Crippen molar-refractivity contribution in [2.75, 3.05) is 0 Å². The topological polar surface area (TPSA) is 0 Å². The van der Waals surface area contributed by atoms with E-state index < -0.39 is 0 Å². The van der Waals surface area contributed by atoms with Crippen molar-refractivity contribution < 1.29 is 0 Å². The van der Waals surface area contributed by atoms with E-state index in [4.69, 9.17) is 0 Å². The number of hydrogen-bond donors (Lipinski definition) is 0. The quantitative estimate of drug-likeness (QED) is 0.600. The van der Waals surface area contributed by atoms with Crippen molar-refractivity contribution in [3.05, 3.63) is 0 Å². The molecule has 0 aromatic rings. The molecule has 2 fully saturated rings. The first kappa shape index (κ1) is 9.55. The summed E-state index contributed by atoms with van der Waals surface area (Å²) in [7, 11) is 0. The fourth-order valence-corrected chi connectivity index (χ4v) is 3.94. The third-order valence-corrected chi connectivity index (χ3v) is 5.32. The molecule has 4 unspecified atom stereocenters. The molecular formula is C13H24. The lowest BCUT2D eigenvalue weighted by Gasteiger charge is -2.40. The van der Waals surface area contributed by atoms with Crippen molar-refractivity contribution in [2.45, 2.75) is 53.4 Å². The predicted molar refractivity (Wildman–Crippen MR) is 57.6 cm³/mol. The molecule has 0 aromatic carbocycles. The minimum absolute atomic E-state index is 0.691. The summed E-state index contributed by atoms with van der Waals surface area (Å²) in [6.45, 7) is 9.75. The van der Waals surface area contributed by atoms with Crippen molar-refractivity contribution in [3.63, 3.8) is 0 Å². The van der Waals surface area contributed by atoms with Gasteiger partial charge in [0.15, 0.2) is 0 Å². The molecule has 0 nitrogen and oxygen atoms in total. The Morgan fingerprint density at radius 1 is 1.31 bits per heavy atom. The van der Waals surface area contributed by atoms with E-state index in [1.165, 1.54) is 19.3 Å². The molecule has 0 radical (unpaired) electrons. The zero-order valence-electron chi connectivity index (χ0n) is 9.64. The lowest BCUT2D eigenvalue weighted by Crippen LogP contribution is -2.32. The summed E-state index contributed by atoms with van der Waals surface area (Å²) in [6.07, 6.45) is 6.03. The highest BCUT2D eigenvalue weighted by Crippen LogP contribution is 2.61. The SMILES string of the molecule is CCC1CC2CC1CC2(C)C(C)C. The van der Waals surface area contributed by atoms with Crippen molar-refractivity contribution in [1.29, 1.82) is 0 Å². The van der Waals surface area contributed by atoms with Crippen molar-refractivity contribution >= 4 is 0 Å². The second kappa shape index (κ2) is 3.00. The van der Waals surface area contributed by atoms with Crippen LogP contribution in [0, 0.1) is 29.1 Å². The highest BCUT2D eigenvalue weighted by Gasteiger charge is 2.52. The van der Waals surface area contributed by atoms with Gasteiger partial charge in [0.2, 0.25) is 0 Å². The minimum Gasteiger partial charge on any atom is -0.0651 e. The van der Waals surface area contributed by atoms with Gasteiger partial charge in [0.1, 0.15) is 0 Å². The van der Waals surface area contributed by atoms with Gasteiger partial charge >= 0.3 is 0 Å². The van der Waals surface area contributed by atoms with Crippen LogP contribution in [-0.4, -0.2) is 0 Å². The van der Waals surface area contributed by atoms with Gasteiger partial charge in [-0.2, -0.15) is 0 Å². The molecule has 2 bridgehead atoms. The molecule has 76 valence electrons. The molecule has 0 heterocycles. The Morgan fingerprint density at radius 2 is 2.00 bits per heavy atom. The average Bonchev–Trinajstić information content (AvgIpc) is 2.60. The van der Waals surface area contributed by atoms with Crippen LogP contribution in [0.4, 0.5) is 0 Å². The lowest BCUT2D eigenvalue weighted by molar-refractivity contribution is 0.0928. The maximum Gasteiger partial charge on any atom is -0.0272 e. The number of hydrogen-bond acceptors (Lipinski definition) is 0. The van der Waals surface area contributed by atoms with Gasteiger partial charge in [-0.15, -0.1) is 0 Å². The molecule has 0 aromatic heterocycles. The van der Waals surface area contributed by atoms with E-state index in [2.05, 4.69) is 27.7 Å². The first-order valence-corrected chi connectivity index (χ1v) is 6.08.